The van der Waals surface area contributed by atoms with Crippen molar-refractivity contribution in [1.82, 2.24) is 14.9 Å². The van der Waals surface area contributed by atoms with Gasteiger partial charge in [-0.25, -0.2) is 9.37 Å². The van der Waals surface area contributed by atoms with Crippen molar-refractivity contribution in [2.45, 2.75) is 51.9 Å². The van der Waals surface area contributed by atoms with E-state index in [1.165, 1.54) is 11.1 Å². The van der Waals surface area contributed by atoms with Crippen molar-refractivity contribution >= 4 is 11.0 Å². The van der Waals surface area contributed by atoms with Gasteiger partial charge in [0.05, 0.1) is 14.2 Å². The highest BCUT2D eigenvalue weighted by Crippen LogP contribution is 2.44. The van der Waals surface area contributed by atoms with Crippen LogP contribution in [0.5, 0.6) is 11.5 Å². The van der Waals surface area contributed by atoms with Crippen LogP contribution in [0.25, 0.3) is 11.0 Å². The summed E-state index contributed by atoms with van der Waals surface area (Å²) < 4.78 is 24.6. The van der Waals surface area contributed by atoms with Crippen molar-refractivity contribution in [3.63, 3.8) is 0 Å². The maximum absolute atomic E-state index is 13.7. The van der Waals surface area contributed by atoms with Crippen molar-refractivity contribution in [2.24, 2.45) is 5.92 Å². The highest BCUT2D eigenvalue weighted by atomic mass is 19.1. The van der Waals surface area contributed by atoms with E-state index in [-0.39, 0.29) is 5.82 Å². The number of nitrogens with one attached hydrogen (secondary N) is 1. The van der Waals surface area contributed by atoms with E-state index in [0.29, 0.717) is 11.8 Å². The van der Waals surface area contributed by atoms with Crippen molar-refractivity contribution in [3.05, 3.63) is 59.0 Å². The minimum Gasteiger partial charge on any atom is -0.494 e. The Balaban J connectivity index is 1.31. The first-order valence-electron chi connectivity index (χ1n) is 12.3. The van der Waals surface area contributed by atoms with Gasteiger partial charge in [0.25, 0.3) is 0 Å². The number of imidazole rings is 1. The van der Waals surface area contributed by atoms with Gasteiger partial charge in [0.2, 0.25) is 0 Å². The molecule has 1 aliphatic carbocycles. The second kappa shape index (κ2) is 10.8. The van der Waals surface area contributed by atoms with Crippen LogP contribution in [0.4, 0.5) is 4.39 Å². The average Bonchev–Trinajstić information content (AvgIpc) is 3.25. The average molecular weight is 467 g/mol. The Kier molecular flexibility index (Phi) is 7.77. The van der Waals surface area contributed by atoms with Gasteiger partial charge in [-0.15, -0.1) is 0 Å². The standard InChI is InChI=1S/C28H37FN3O2/c1-18(2)26-19(8-9-20-17-21(29)10-11-22(20)26)14-16-32(3)15-6-7-25-30-27-23(33-4)12-13-24(34-5)28(27)31-25/h10-13,17-18,26H,6-9,14-16H2,1-5H3,(H,30,31)/t26-/m1/s1. The molecule has 3 aromatic rings. The lowest BCUT2D eigenvalue weighted by atomic mass is 9.69. The number of ether oxygens (including phenoxy) is 2. The summed E-state index contributed by atoms with van der Waals surface area (Å²) in [6.45, 7) is 6.61. The molecule has 0 saturated carbocycles. The van der Waals surface area contributed by atoms with E-state index in [9.17, 15) is 4.39 Å². The Morgan fingerprint density at radius 1 is 1.06 bits per heavy atom. The highest BCUT2D eigenvalue weighted by Gasteiger charge is 2.32. The fourth-order valence-electron chi connectivity index (χ4n) is 5.38. The van der Waals surface area contributed by atoms with E-state index in [1.807, 2.05) is 18.2 Å². The summed E-state index contributed by atoms with van der Waals surface area (Å²) >= 11 is 0. The number of hydrogen-bond acceptors (Lipinski definition) is 4. The number of nitrogens with zero attached hydrogens (tertiary/aromatic N) is 2. The SMILES string of the molecule is COc1ccc(OC)c2[nH]c(CCCN(C)CC[C]3CCc4cc(F)ccc4[C@@H]3C(C)C)nc12. The molecule has 0 bridgehead atoms. The number of H-pyrrole nitrogens is 1. The number of aromatic amines is 1. The maximum atomic E-state index is 13.7. The molecule has 1 aromatic heterocycles. The molecule has 5 nitrogen and oxygen atoms in total. The molecule has 183 valence electrons. The molecule has 0 spiro atoms. The van der Waals surface area contributed by atoms with Crippen LogP contribution in [0.1, 0.15) is 56.0 Å². The van der Waals surface area contributed by atoms with Gasteiger partial charge in [-0.2, -0.15) is 0 Å². The number of hydrogen-bond donors (Lipinski definition) is 1. The summed E-state index contributed by atoms with van der Waals surface area (Å²) in [6, 6.07) is 9.15. The minimum absolute atomic E-state index is 0.120. The number of halogens is 1. The first-order valence-corrected chi connectivity index (χ1v) is 12.3. The molecule has 1 radical (unpaired) electrons. The molecule has 0 fully saturated rings. The molecule has 4 rings (SSSR count). The molecule has 6 heteroatoms. The van der Waals surface area contributed by atoms with E-state index in [1.54, 1.807) is 32.3 Å². The summed E-state index contributed by atoms with van der Waals surface area (Å²) in [5, 5.41) is 0. The Morgan fingerprint density at radius 3 is 2.56 bits per heavy atom. The highest BCUT2D eigenvalue weighted by molar-refractivity contribution is 5.87. The van der Waals surface area contributed by atoms with Crippen LogP contribution < -0.4 is 9.47 Å². The molecular weight excluding hydrogens is 429 g/mol. The fourth-order valence-corrected chi connectivity index (χ4v) is 5.38. The van der Waals surface area contributed by atoms with Crippen LogP contribution in [0.3, 0.4) is 0 Å². The van der Waals surface area contributed by atoms with Gasteiger partial charge in [0, 0.05) is 6.42 Å². The first kappa shape index (κ1) is 24.5. The fraction of sp³-hybridized carbons (Fsp3) is 0.500. The number of aryl methyl sites for hydroxylation is 2. The largest absolute Gasteiger partial charge is 0.494 e. The van der Waals surface area contributed by atoms with E-state index >= 15 is 0 Å². The number of fused-ring (bicyclic) bond motifs is 2. The van der Waals surface area contributed by atoms with Gasteiger partial charge >= 0.3 is 0 Å². The Labute approximate surface area is 202 Å². The second-order valence-corrected chi connectivity index (χ2v) is 9.76. The van der Waals surface area contributed by atoms with Crippen LogP contribution in [0.15, 0.2) is 30.3 Å². The van der Waals surface area contributed by atoms with Crippen LogP contribution in [0.2, 0.25) is 0 Å². The predicted octanol–water partition coefficient (Wildman–Crippen LogP) is 5.93. The Bertz CT molecular complexity index is 1070. The molecule has 0 saturated heterocycles. The van der Waals surface area contributed by atoms with Gasteiger partial charge < -0.3 is 19.4 Å². The second-order valence-electron chi connectivity index (χ2n) is 9.76. The van der Waals surface area contributed by atoms with Gasteiger partial charge in [-0.3, -0.25) is 0 Å². The third-order valence-corrected chi connectivity index (χ3v) is 7.09. The number of benzene rings is 2. The quantitative estimate of drug-likeness (QED) is 0.402. The van der Waals surface area contributed by atoms with E-state index in [0.717, 1.165) is 73.6 Å². The van der Waals surface area contributed by atoms with Crippen molar-refractivity contribution < 1.29 is 13.9 Å². The molecule has 0 unspecified atom stereocenters. The predicted molar refractivity (Wildman–Crippen MR) is 135 cm³/mol. The third kappa shape index (κ3) is 5.22. The molecule has 1 N–H and O–H groups in total. The zero-order valence-corrected chi connectivity index (χ0v) is 21.1. The van der Waals surface area contributed by atoms with Gasteiger partial charge in [0.15, 0.2) is 0 Å². The van der Waals surface area contributed by atoms with Crippen LogP contribution in [-0.4, -0.2) is 49.2 Å². The summed E-state index contributed by atoms with van der Waals surface area (Å²) in [6.07, 6.45) is 5.00. The monoisotopic (exact) mass is 466 g/mol. The minimum atomic E-state index is -0.120. The van der Waals surface area contributed by atoms with Crippen LogP contribution in [-0.2, 0) is 12.8 Å². The smallest absolute Gasteiger partial charge is 0.146 e. The molecule has 0 amide bonds. The van der Waals surface area contributed by atoms with E-state index in [2.05, 4.69) is 30.8 Å². The Hall–Kier alpha value is -2.60. The molecular formula is C28H37FN3O2. The van der Waals surface area contributed by atoms with Crippen molar-refractivity contribution in [1.29, 1.82) is 0 Å². The molecule has 1 heterocycles. The van der Waals surface area contributed by atoms with E-state index in [4.69, 9.17) is 14.5 Å². The number of methoxy groups -OCH3 is 2. The molecule has 2 aromatic carbocycles. The maximum Gasteiger partial charge on any atom is 0.146 e. The zero-order chi connectivity index (χ0) is 24.2. The van der Waals surface area contributed by atoms with Crippen LogP contribution in [0, 0.1) is 17.7 Å². The van der Waals surface area contributed by atoms with Gasteiger partial charge in [-0.1, -0.05) is 19.9 Å². The zero-order valence-electron chi connectivity index (χ0n) is 21.1. The lowest BCUT2D eigenvalue weighted by molar-refractivity contribution is 0.311. The Morgan fingerprint density at radius 2 is 1.82 bits per heavy atom. The summed E-state index contributed by atoms with van der Waals surface area (Å²) in [5.41, 5.74) is 4.23. The molecule has 1 aliphatic rings. The third-order valence-electron chi connectivity index (χ3n) is 7.09. The van der Waals surface area contributed by atoms with Gasteiger partial charge in [0.1, 0.15) is 34.2 Å². The summed E-state index contributed by atoms with van der Waals surface area (Å²) in [5.74, 6) is 4.93. The van der Waals surface area contributed by atoms with Crippen molar-refractivity contribution in [3.8, 4) is 11.5 Å². The van der Waals surface area contributed by atoms with Gasteiger partial charge in [-0.05, 0) is 99.0 Å². The van der Waals surface area contributed by atoms with E-state index < -0.39 is 0 Å². The molecule has 0 aliphatic heterocycles. The van der Waals surface area contributed by atoms with Crippen LogP contribution >= 0.6 is 0 Å². The topological polar surface area (TPSA) is 50.4 Å². The van der Waals surface area contributed by atoms with Crippen molar-refractivity contribution in [2.75, 3.05) is 34.4 Å². The number of aromatic nitrogens is 2. The molecule has 34 heavy (non-hydrogen) atoms. The lowest BCUT2D eigenvalue weighted by Crippen LogP contribution is -2.28. The summed E-state index contributed by atoms with van der Waals surface area (Å²) in [7, 11) is 5.53. The molecule has 1 atom stereocenters. The lowest BCUT2D eigenvalue weighted by Gasteiger charge is -2.37. The first-order chi connectivity index (χ1) is 16.4. The summed E-state index contributed by atoms with van der Waals surface area (Å²) in [4.78, 5) is 10.6. The normalized spacial score (nSPS) is 16.4. The number of rotatable bonds is 10.